The molecule has 0 bridgehead atoms. The number of fused-ring (bicyclic) bond motifs is 2. The van der Waals surface area contributed by atoms with Crippen molar-refractivity contribution in [2.24, 2.45) is 0 Å². The maximum Gasteiger partial charge on any atom is 0.360 e. The number of ether oxygens (including phenoxy) is 2. The van der Waals surface area contributed by atoms with Crippen molar-refractivity contribution in [3.63, 3.8) is 0 Å². The zero-order valence-corrected chi connectivity index (χ0v) is 11.7. The van der Waals surface area contributed by atoms with Gasteiger partial charge < -0.3 is 9.47 Å². The van der Waals surface area contributed by atoms with E-state index in [9.17, 15) is 14.9 Å². The van der Waals surface area contributed by atoms with Crippen LogP contribution in [0.2, 0.25) is 0 Å². The van der Waals surface area contributed by atoms with Crippen LogP contribution in [-0.4, -0.2) is 32.5 Å². The molecule has 1 aliphatic heterocycles. The molecule has 0 amide bonds. The van der Waals surface area contributed by atoms with Gasteiger partial charge in [0.15, 0.2) is 5.69 Å². The Kier molecular flexibility index (Phi) is 3.45. The van der Waals surface area contributed by atoms with Crippen molar-refractivity contribution in [1.29, 1.82) is 0 Å². The Morgan fingerprint density at radius 2 is 2.36 bits per heavy atom. The van der Waals surface area contributed by atoms with Crippen molar-refractivity contribution in [1.82, 2.24) is 15.0 Å². The van der Waals surface area contributed by atoms with Gasteiger partial charge in [0.1, 0.15) is 18.1 Å². The van der Waals surface area contributed by atoms with E-state index in [1.54, 1.807) is 6.92 Å². The van der Waals surface area contributed by atoms with Gasteiger partial charge >= 0.3 is 5.97 Å². The summed E-state index contributed by atoms with van der Waals surface area (Å²) in [7, 11) is 0. The smallest absolute Gasteiger partial charge is 0.360 e. The van der Waals surface area contributed by atoms with Gasteiger partial charge in [-0.2, -0.15) is 0 Å². The fourth-order valence-electron chi connectivity index (χ4n) is 2.21. The molecule has 0 saturated heterocycles. The lowest BCUT2D eigenvalue weighted by Gasteiger charge is -2.05. The van der Waals surface area contributed by atoms with Gasteiger partial charge in [0.25, 0.3) is 5.69 Å². The number of aromatic nitrogens is 3. The fourth-order valence-corrected chi connectivity index (χ4v) is 2.21. The van der Waals surface area contributed by atoms with Crippen molar-refractivity contribution in [3.05, 3.63) is 45.3 Å². The van der Waals surface area contributed by atoms with Crippen molar-refractivity contribution in [2.45, 2.75) is 20.1 Å². The van der Waals surface area contributed by atoms with E-state index >= 15 is 0 Å². The minimum absolute atomic E-state index is 0.0310. The Morgan fingerprint density at radius 1 is 1.55 bits per heavy atom. The predicted octanol–water partition coefficient (Wildman–Crippen LogP) is 1.30. The highest BCUT2D eigenvalue weighted by atomic mass is 16.6. The third-order valence-electron chi connectivity index (χ3n) is 3.25. The summed E-state index contributed by atoms with van der Waals surface area (Å²) in [4.78, 5) is 22.2. The summed E-state index contributed by atoms with van der Waals surface area (Å²) < 4.78 is 12.0. The van der Waals surface area contributed by atoms with Gasteiger partial charge in [-0.05, 0) is 13.0 Å². The van der Waals surface area contributed by atoms with Crippen molar-refractivity contribution < 1.29 is 19.2 Å². The number of esters is 1. The number of benzene rings is 1. The zero-order chi connectivity index (χ0) is 15.7. The summed E-state index contributed by atoms with van der Waals surface area (Å²) in [5.74, 6) is -0.0461. The number of nitro benzene ring substituents is 1. The van der Waals surface area contributed by atoms with E-state index < -0.39 is 10.9 Å². The molecular formula is C13H12N4O5. The second-order valence-electron chi connectivity index (χ2n) is 4.60. The summed E-state index contributed by atoms with van der Waals surface area (Å²) in [5.41, 5.74) is 1.16. The summed E-state index contributed by atoms with van der Waals surface area (Å²) >= 11 is 0. The average molecular weight is 304 g/mol. The molecule has 2 aromatic rings. The van der Waals surface area contributed by atoms with Crippen LogP contribution < -0.4 is 4.74 Å². The summed E-state index contributed by atoms with van der Waals surface area (Å²) in [5, 5.41) is 18.6. The SMILES string of the molecule is CCOC(=O)c1nnn2c1COc1ccc([N+](=O)[O-])cc1C2. The highest BCUT2D eigenvalue weighted by Gasteiger charge is 2.25. The number of nitrogens with zero attached hydrogens (tertiary/aromatic N) is 4. The summed E-state index contributed by atoms with van der Waals surface area (Å²) in [6.45, 7) is 2.26. The van der Waals surface area contributed by atoms with Crippen LogP contribution in [-0.2, 0) is 17.9 Å². The van der Waals surface area contributed by atoms with E-state index in [1.807, 2.05) is 0 Å². The monoisotopic (exact) mass is 304 g/mol. The van der Waals surface area contributed by atoms with Crippen LogP contribution in [0.1, 0.15) is 28.7 Å². The molecule has 114 valence electrons. The van der Waals surface area contributed by atoms with Gasteiger partial charge in [0, 0.05) is 17.7 Å². The molecular weight excluding hydrogens is 292 g/mol. The van der Waals surface area contributed by atoms with E-state index in [0.29, 0.717) is 17.0 Å². The highest BCUT2D eigenvalue weighted by molar-refractivity contribution is 5.88. The molecule has 2 heterocycles. The number of carbonyl (C=O) groups excluding carboxylic acids is 1. The van der Waals surface area contributed by atoms with Crippen LogP contribution in [0.15, 0.2) is 18.2 Å². The minimum Gasteiger partial charge on any atom is -0.487 e. The lowest BCUT2D eigenvalue weighted by Crippen LogP contribution is -2.11. The first-order chi connectivity index (χ1) is 10.6. The molecule has 22 heavy (non-hydrogen) atoms. The van der Waals surface area contributed by atoms with Crippen molar-refractivity contribution in [2.75, 3.05) is 6.61 Å². The third-order valence-corrected chi connectivity index (χ3v) is 3.25. The highest BCUT2D eigenvalue weighted by Crippen LogP contribution is 2.28. The number of nitro groups is 1. The first-order valence-corrected chi connectivity index (χ1v) is 6.59. The summed E-state index contributed by atoms with van der Waals surface area (Å²) in [6.07, 6.45) is 0. The van der Waals surface area contributed by atoms with E-state index in [0.717, 1.165) is 0 Å². The number of hydrogen-bond acceptors (Lipinski definition) is 7. The lowest BCUT2D eigenvalue weighted by molar-refractivity contribution is -0.384. The molecule has 0 fully saturated rings. The standard InChI is InChI=1S/C13H12N4O5/c1-2-21-13(18)12-10-7-22-11-4-3-9(17(19)20)5-8(11)6-16(10)15-14-12/h3-5H,2,6-7H2,1H3. The molecule has 9 nitrogen and oxygen atoms in total. The first kappa shape index (κ1) is 14.0. The fraction of sp³-hybridized carbons (Fsp3) is 0.308. The second kappa shape index (κ2) is 5.43. The number of non-ortho nitro benzene ring substituents is 1. The Bertz CT molecular complexity index is 755. The average Bonchev–Trinajstić information content (AvgIpc) is 2.80. The normalized spacial score (nSPS) is 12.6. The molecule has 0 N–H and O–H groups in total. The second-order valence-corrected chi connectivity index (χ2v) is 4.60. The third kappa shape index (κ3) is 2.36. The lowest BCUT2D eigenvalue weighted by atomic mass is 10.2. The van der Waals surface area contributed by atoms with E-state index in [2.05, 4.69) is 10.3 Å². The van der Waals surface area contributed by atoms with Gasteiger partial charge in [-0.3, -0.25) is 10.1 Å². The largest absolute Gasteiger partial charge is 0.487 e. The van der Waals surface area contributed by atoms with Crippen LogP contribution in [0.25, 0.3) is 0 Å². The Morgan fingerprint density at radius 3 is 3.09 bits per heavy atom. The van der Waals surface area contributed by atoms with Gasteiger partial charge in [0.05, 0.1) is 18.1 Å². The molecule has 0 radical (unpaired) electrons. The topological polar surface area (TPSA) is 109 Å². The molecule has 3 rings (SSSR count). The zero-order valence-electron chi connectivity index (χ0n) is 11.7. The van der Waals surface area contributed by atoms with E-state index in [-0.39, 0.29) is 31.1 Å². The van der Waals surface area contributed by atoms with Crippen LogP contribution in [0, 0.1) is 10.1 Å². The quantitative estimate of drug-likeness (QED) is 0.477. The minimum atomic E-state index is -0.565. The number of hydrogen-bond donors (Lipinski definition) is 0. The van der Waals surface area contributed by atoms with E-state index in [4.69, 9.17) is 9.47 Å². The van der Waals surface area contributed by atoms with Crippen LogP contribution in [0.3, 0.4) is 0 Å². The van der Waals surface area contributed by atoms with Gasteiger partial charge in [-0.15, -0.1) is 5.10 Å². The van der Waals surface area contributed by atoms with Crippen LogP contribution >= 0.6 is 0 Å². The van der Waals surface area contributed by atoms with Crippen LogP contribution in [0.4, 0.5) is 5.69 Å². The van der Waals surface area contributed by atoms with E-state index in [1.165, 1.54) is 22.9 Å². The molecule has 1 aromatic carbocycles. The Labute approximate surface area is 124 Å². The van der Waals surface area contributed by atoms with Crippen LogP contribution in [0.5, 0.6) is 5.75 Å². The van der Waals surface area contributed by atoms with Crippen molar-refractivity contribution in [3.8, 4) is 5.75 Å². The van der Waals surface area contributed by atoms with Crippen molar-refractivity contribution >= 4 is 11.7 Å². The first-order valence-electron chi connectivity index (χ1n) is 6.59. The van der Waals surface area contributed by atoms with Gasteiger partial charge in [-0.1, -0.05) is 5.21 Å². The molecule has 0 unspecified atom stereocenters. The number of rotatable bonds is 3. The molecule has 1 aliphatic rings. The van der Waals surface area contributed by atoms with Gasteiger partial charge in [-0.25, -0.2) is 9.48 Å². The molecule has 0 atom stereocenters. The molecule has 1 aromatic heterocycles. The maximum absolute atomic E-state index is 11.8. The number of carbonyl (C=O) groups is 1. The van der Waals surface area contributed by atoms with Gasteiger partial charge in [0.2, 0.25) is 0 Å². The molecule has 0 saturated carbocycles. The summed E-state index contributed by atoms with van der Waals surface area (Å²) in [6, 6.07) is 4.34. The predicted molar refractivity (Wildman–Crippen MR) is 72.5 cm³/mol. The molecule has 0 spiro atoms. The Balaban J connectivity index is 1.97. The molecule has 0 aliphatic carbocycles. The maximum atomic E-state index is 11.8. The Hall–Kier alpha value is -2.97. The molecule has 9 heteroatoms.